The van der Waals surface area contributed by atoms with Gasteiger partial charge in [0, 0.05) is 15.8 Å². The molecular formula is C13H10BrFIN. The van der Waals surface area contributed by atoms with Gasteiger partial charge in [0.2, 0.25) is 0 Å². The van der Waals surface area contributed by atoms with E-state index in [1.165, 1.54) is 15.2 Å². The Bertz CT molecular complexity index is 513. The molecule has 0 fully saturated rings. The van der Waals surface area contributed by atoms with Gasteiger partial charge in [-0.3, -0.25) is 0 Å². The van der Waals surface area contributed by atoms with Crippen molar-refractivity contribution in [2.45, 2.75) is 6.54 Å². The average molecular weight is 406 g/mol. The molecule has 0 saturated carbocycles. The first-order valence-electron chi connectivity index (χ1n) is 5.08. The summed E-state index contributed by atoms with van der Waals surface area (Å²) < 4.78 is 14.7. The second-order valence-electron chi connectivity index (χ2n) is 3.61. The Morgan fingerprint density at radius 3 is 2.47 bits per heavy atom. The molecule has 0 atom stereocenters. The highest BCUT2D eigenvalue weighted by atomic mass is 127. The van der Waals surface area contributed by atoms with Gasteiger partial charge in [0.15, 0.2) is 0 Å². The third-order valence-electron chi connectivity index (χ3n) is 2.33. The zero-order valence-corrected chi connectivity index (χ0v) is 12.6. The second kappa shape index (κ2) is 5.82. The average Bonchev–Trinajstić information content (AvgIpc) is 2.33. The Morgan fingerprint density at radius 2 is 1.82 bits per heavy atom. The van der Waals surface area contributed by atoms with E-state index in [9.17, 15) is 4.39 Å². The summed E-state index contributed by atoms with van der Waals surface area (Å²) in [5, 5.41) is 3.25. The summed E-state index contributed by atoms with van der Waals surface area (Å²) in [6, 6.07) is 13.2. The highest BCUT2D eigenvalue weighted by Gasteiger charge is 2.00. The van der Waals surface area contributed by atoms with Crippen LogP contribution in [0.1, 0.15) is 5.56 Å². The van der Waals surface area contributed by atoms with Crippen molar-refractivity contribution in [1.82, 2.24) is 0 Å². The fraction of sp³-hybridized carbons (Fsp3) is 0.0769. The summed E-state index contributed by atoms with van der Waals surface area (Å²) in [5.74, 6) is -0.246. The van der Waals surface area contributed by atoms with Gasteiger partial charge < -0.3 is 5.32 Å². The maximum atomic E-state index is 13.0. The van der Waals surface area contributed by atoms with Crippen molar-refractivity contribution in [3.63, 3.8) is 0 Å². The topological polar surface area (TPSA) is 12.0 Å². The Hall–Kier alpha value is -0.620. The quantitative estimate of drug-likeness (QED) is 0.723. The highest BCUT2D eigenvalue weighted by Crippen LogP contribution is 2.20. The predicted octanol–water partition coefficient (Wildman–Crippen LogP) is 4.80. The van der Waals surface area contributed by atoms with Gasteiger partial charge in [-0.05, 0) is 74.4 Å². The lowest BCUT2D eigenvalue weighted by molar-refractivity contribution is 0.621. The molecule has 0 aliphatic heterocycles. The van der Waals surface area contributed by atoms with Gasteiger partial charge in [0.1, 0.15) is 5.82 Å². The molecule has 0 aliphatic rings. The molecule has 0 radical (unpaired) electrons. The van der Waals surface area contributed by atoms with E-state index in [0.717, 1.165) is 12.2 Å². The molecule has 17 heavy (non-hydrogen) atoms. The minimum atomic E-state index is -0.246. The van der Waals surface area contributed by atoms with Crippen LogP contribution in [-0.4, -0.2) is 0 Å². The molecule has 0 spiro atoms. The summed E-state index contributed by atoms with van der Waals surface area (Å²) in [4.78, 5) is 0. The van der Waals surface area contributed by atoms with Crippen LogP contribution < -0.4 is 5.32 Å². The molecule has 2 aromatic carbocycles. The summed E-state index contributed by atoms with van der Waals surface area (Å²) >= 11 is 5.44. The molecule has 2 rings (SSSR count). The van der Waals surface area contributed by atoms with Gasteiger partial charge in [0.25, 0.3) is 0 Å². The van der Waals surface area contributed by atoms with Crippen LogP contribution in [-0.2, 0) is 6.54 Å². The van der Waals surface area contributed by atoms with Gasteiger partial charge in [-0.25, -0.2) is 4.39 Å². The van der Waals surface area contributed by atoms with Crippen LogP contribution in [0.2, 0.25) is 0 Å². The van der Waals surface area contributed by atoms with E-state index in [0.29, 0.717) is 4.47 Å². The van der Waals surface area contributed by atoms with Crippen LogP contribution in [0.4, 0.5) is 10.1 Å². The number of nitrogens with one attached hydrogen (secondary N) is 1. The molecule has 1 N–H and O–H groups in total. The first-order chi connectivity index (χ1) is 8.15. The summed E-state index contributed by atoms with van der Waals surface area (Å²) in [6.45, 7) is 0.731. The van der Waals surface area contributed by atoms with Crippen LogP contribution >= 0.6 is 38.5 Å². The van der Waals surface area contributed by atoms with E-state index in [1.807, 2.05) is 0 Å². The minimum Gasteiger partial charge on any atom is -0.381 e. The van der Waals surface area contributed by atoms with Crippen molar-refractivity contribution in [1.29, 1.82) is 0 Å². The van der Waals surface area contributed by atoms with Crippen LogP contribution in [0, 0.1) is 9.39 Å². The first-order valence-corrected chi connectivity index (χ1v) is 6.96. The number of rotatable bonds is 3. The zero-order chi connectivity index (χ0) is 12.3. The molecule has 1 nitrogen and oxygen atoms in total. The minimum absolute atomic E-state index is 0.246. The SMILES string of the molecule is Fc1ccc(NCc2ccc(I)cc2)cc1Br. The Labute approximate surface area is 122 Å². The van der Waals surface area contributed by atoms with E-state index >= 15 is 0 Å². The van der Waals surface area contributed by atoms with Gasteiger partial charge in [-0.1, -0.05) is 12.1 Å². The van der Waals surface area contributed by atoms with Crippen molar-refractivity contribution in [3.05, 3.63) is 61.9 Å². The van der Waals surface area contributed by atoms with Gasteiger partial charge in [-0.2, -0.15) is 0 Å². The molecule has 0 aromatic heterocycles. The van der Waals surface area contributed by atoms with Crippen molar-refractivity contribution in [2.75, 3.05) is 5.32 Å². The summed E-state index contributed by atoms with van der Waals surface area (Å²) in [6.07, 6.45) is 0. The third kappa shape index (κ3) is 3.67. The van der Waals surface area contributed by atoms with Crippen molar-refractivity contribution in [2.24, 2.45) is 0 Å². The smallest absolute Gasteiger partial charge is 0.137 e. The second-order valence-corrected chi connectivity index (χ2v) is 5.71. The van der Waals surface area contributed by atoms with Crippen molar-refractivity contribution >= 4 is 44.2 Å². The molecule has 0 bridgehead atoms. The van der Waals surface area contributed by atoms with Gasteiger partial charge in [-0.15, -0.1) is 0 Å². The van der Waals surface area contributed by atoms with E-state index in [2.05, 4.69) is 68.1 Å². The molecule has 0 aliphatic carbocycles. The zero-order valence-electron chi connectivity index (χ0n) is 8.88. The molecule has 2 aromatic rings. The number of benzene rings is 2. The maximum absolute atomic E-state index is 13.0. The Balaban J connectivity index is 2.02. The van der Waals surface area contributed by atoms with Crippen molar-refractivity contribution in [3.8, 4) is 0 Å². The molecule has 0 saturated heterocycles. The van der Waals surface area contributed by atoms with Crippen LogP contribution in [0.3, 0.4) is 0 Å². The fourth-order valence-corrected chi connectivity index (χ4v) is 2.15. The van der Waals surface area contributed by atoms with Gasteiger partial charge in [0.05, 0.1) is 4.47 Å². The Morgan fingerprint density at radius 1 is 1.12 bits per heavy atom. The molecule has 4 heteroatoms. The lowest BCUT2D eigenvalue weighted by atomic mass is 10.2. The number of hydrogen-bond acceptors (Lipinski definition) is 1. The van der Waals surface area contributed by atoms with Crippen LogP contribution in [0.15, 0.2) is 46.9 Å². The molecule has 0 unspecified atom stereocenters. The lowest BCUT2D eigenvalue weighted by Crippen LogP contribution is -1.99. The van der Waals surface area contributed by atoms with E-state index in [-0.39, 0.29) is 5.82 Å². The molecule has 88 valence electrons. The maximum Gasteiger partial charge on any atom is 0.137 e. The standard InChI is InChI=1S/C13H10BrFIN/c14-12-7-11(5-6-13(12)15)17-8-9-1-3-10(16)4-2-9/h1-7,17H,8H2. The highest BCUT2D eigenvalue weighted by molar-refractivity contribution is 14.1. The Kier molecular flexibility index (Phi) is 4.39. The summed E-state index contributed by atoms with van der Waals surface area (Å²) in [7, 11) is 0. The number of halogens is 3. The normalized spacial score (nSPS) is 10.3. The third-order valence-corrected chi connectivity index (χ3v) is 3.66. The predicted molar refractivity (Wildman–Crippen MR) is 80.6 cm³/mol. The van der Waals surface area contributed by atoms with Gasteiger partial charge >= 0.3 is 0 Å². The molecule has 0 amide bonds. The van der Waals surface area contributed by atoms with E-state index < -0.39 is 0 Å². The first kappa shape index (κ1) is 12.8. The van der Waals surface area contributed by atoms with Crippen molar-refractivity contribution < 1.29 is 4.39 Å². The largest absolute Gasteiger partial charge is 0.381 e. The molecular weight excluding hydrogens is 396 g/mol. The summed E-state index contributed by atoms with van der Waals surface area (Å²) in [5.41, 5.74) is 2.10. The fourth-order valence-electron chi connectivity index (χ4n) is 1.41. The number of anilines is 1. The van der Waals surface area contributed by atoms with Crippen LogP contribution in [0.5, 0.6) is 0 Å². The molecule has 0 heterocycles. The number of hydrogen-bond donors (Lipinski definition) is 1. The monoisotopic (exact) mass is 405 g/mol. The lowest BCUT2D eigenvalue weighted by Gasteiger charge is -2.07. The van der Waals surface area contributed by atoms with Crippen LogP contribution in [0.25, 0.3) is 0 Å². The van der Waals surface area contributed by atoms with E-state index in [1.54, 1.807) is 12.1 Å². The van der Waals surface area contributed by atoms with E-state index in [4.69, 9.17) is 0 Å².